The Balaban J connectivity index is 1.35. The molecule has 1 aliphatic rings. The van der Waals surface area contributed by atoms with Crippen molar-refractivity contribution in [3.8, 4) is 5.75 Å². The molecule has 6 nitrogen and oxygen atoms in total. The van der Waals surface area contributed by atoms with Gasteiger partial charge in [-0.15, -0.1) is 0 Å². The summed E-state index contributed by atoms with van der Waals surface area (Å²) >= 11 is 0. The maximum Gasteiger partial charge on any atom is 0.224 e. The molecule has 2 aromatic carbocycles. The standard InChI is InChI=1S/C26H32N4O2/c1-18(2)24-15-23(28-29-24)17-30-13-12-19-8-10-22(14-21(19)16-30)27-26(31)11-9-20-6-4-5-7-25(20)32-3/h4-8,10,14-15,18H,9,11-13,16-17H2,1-3H3,(H,27,31)(H,28,29). The van der Waals surface area contributed by atoms with Crippen LogP contribution >= 0.6 is 0 Å². The third kappa shape index (κ3) is 5.37. The number of carbonyl (C=O) groups excluding carboxylic acids is 1. The summed E-state index contributed by atoms with van der Waals surface area (Å²) in [7, 11) is 1.66. The SMILES string of the molecule is COc1ccccc1CCC(=O)Nc1ccc2c(c1)CN(Cc1cc(C(C)C)n[nH]1)CC2. The summed E-state index contributed by atoms with van der Waals surface area (Å²) in [5, 5.41) is 10.7. The van der Waals surface area contributed by atoms with Crippen molar-refractivity contribution < 1.29 is 9.53 Å². The fraction of sp³-hybridized carbons (Fsp3) is 0.385. The van der Waals surface area contributed by atoms with Crippen molar-refractivity contribution in [1.29, 1.82) is 0 Å². The van der Waals surface area contributed by atoms with Gasteiger partial charge in [0.1, 0.15) is 5.75 Å². The van der Waals surface area contributed by atoms with E-state index in [0.717, 1.165) is 54.4 Å². The number of benzene rings is 2. The fourth-order valence-corrected chi connectivity index (χ4v) is 4.21. The smallest absolute Gasteiger partial charge is 0.224 e. The molecule has 6 heteroatoms. The lowest BCUT2D eigenvalue weighted by atomic mass is 9.98. The Kier molecular flexibility index (Phi) is 6.90. The van der Waals surface area contributed by atoms with Crippen molar-refractivity contribution >= 4 is 11.6 Å². The van der Waals surface area contributed by atoms with Crippen LogP contribution < -0.4 is 10.1 Å². The molecule has 2 N–H and O–H groups in total. The van der Waals surface area contributed by atoms with Gasteiger partial charge in [-0.25, -0.2) is 0 Å². The van der Waals surface area contributed by atoms with Crippen molar-refractivity contribution in [3.63, 3.8) is 0 Å². The Bertz CT molecular complexity index is 1070. The van der Waals surface area contributed by atoms with Crippen molar-refractivity contribution in [1.82, 2.24) is 15.1 Å². The normalized spacial score (nSPS) is 13.8. The van der Waals surface area contributed by atoms with Gasteiger partial charge in [-0.05, 0) is 59.7 Å². The summed E-state index contributed by atoms with van der Waals surface area (Å²) in [4.78, 5) is 15.0. The number of fused-ring (bicyclic) bond motifs is 1. The van der Waals surface area contributed by atoms with E-state index in [1.165, 1.54) is 11.1 Å². The number of para-hydroxylation sites is 1. The van der Waals surface area contributed by atoms with E-state index in [1.54, 1.807) is 7.11 Å². The van der Waals surface area contributed by atoms with Gasteiger partial charge in [-0.1, -0.05) is 38.1 Å². The lowest BCUT2D eigenvalue weighted by Gasteiger charge is -2.28. The van der Waals surface area contributed by atoms with Gasteiger partial charge in [0.25, 0.3) is 0 Å². The first kappa shape index (κ1) is 22.1. The molecule has 4 rings (SSSR count). The van der Waals surface area contributed by atoms with Crippen molar-refractivity contribution in [3.05, 3.63) is 76.6 Å². The molecule has 0 saturated heterocycles. The van der Waals surface area contributed by atoms with Gasteiger partial charge < -0.3 is 10.1 Å². The number of ether oxygens (including phenoxy) is 1. The van der Waals surface area contributed by atoms with Gasteiger partial charge in [0.05, 0.1) is 12.8 Å². The number of nitrogens with zero attached hydrogens (tertiary/aromatic N) is 2. The van der Waals surface area contributed by atoms with E-state index in [0.29, 0.717) is 18.8 Å². The maximum atomic E-state index is 12.5. The number of carbonyl (C=O) groups is 1. The van der Waals surface area contributed by atoms with Gasteiger partial charge in [-0.2, -0.15) is 5.10 Å². The van der Waals surface area contributed by atoms with Crippen LogP contribution in [-0.2, 0) is 30.7 Å². The van der Waals surface area contributed by atoms with Crippen molar-refractivity contribution in [2.24, 2.45) is 0 Å². The zero-order chi connectivity index (χ0) is 22.5. The second-order valence-corrected chi connectivity index (χ2v) is 8.78. The number of aromatic nitrogens is 2. The molecular weight excluding hydrogens is 400 g/mol. The van der Waals surface area contributed by atoms with Crippen LogP contribution in [0.2, 0.25) is 0 Å². The van der Waals surface area contributed by atoms with E-state index in [-0.39, 0.29) is 5.91 Å². The summed E-state index contributed by atoms with van der Waals surface area (Å²) in [5.74, 6) is 1.27. The third-order valence-electron chi connectivity index (χ3n) is 6.03. The Morgan fingerprint density at radius 2 is 2.03 bits per heavy atom. The average molecular weight is 433 g/mol. The van der Waals surface area contributed by atoms with Crippen LogP contribution in [0.1, 0.15) is 54.3 Å². The molecule has 0 saturated carbocycles. The molecule has 0 spiro atoms. The second-order valence-electron chi connectivity index (χ2n) is 8.78. The molecule has 2 heterocycles. The number of aromatic amines is 1. The number of anilines is 1. The number of H-pyrrole nitrogens is 1. The first-order chi connectivity index (χ1) is 15.5. The van der Waals surface area contributed by atoms with Gasteiger partial charge in [-0.3, -0.25) is 14.8 Å². The van der Waals surface area contributed by atoms with Crippen molar-refractivity contribution in [2.75, 3.05) is 19.0 Å². The molecule has 0 fully saturated rings. The Labute approximate surface area is 190 Å². The second kappa shape index (κ2) is 10.0. The molecule has 0 unspecified atom stereocenters. The van der Waals surface area contributed by atoms with Crippen LogP contribution in [0.3, 0.4) is 0 Å². The molecule has 0 radical (unpaired) electrons. The van der Waals surface area contributed by atoms with Gasteiger partial charge in [0.15, 0.2) is 0 Å². The highest BCUT2D eigenvalue weighted by Gasteiger charge is 2.18. The molecule has 3 aromatic rings. The van der Waals surface area contributed by atoms with Crippen LogP contribution in [0.4, 0.5) is 5.69 Å². The number of hydrogen-bond acceptors (Lipinski definition) is 4. The number of nitrogens with one attached hydrogen (secondary N) is 2. The molecular formula is C26H32N4O2. The maximum absolute atomic E-state index is 12.5. The van der Waals surface area contributed by atoms with Gasteiger partial charge >= 0.3 is 0 Å². The molecule has 0 aliphatic carbocycles. The minimum atomic E-state index is 0.0159. The van der Waals surface area contributed by atoms with Gasteiger partial charge in [0.2, 0.25) is 5.91 Å². The van der Waals surface area contributed by atoms with Crippen molar-refractivity contribution in [2.45, 2.75) is 52.1 Å². The number of amides is 1. The van der Waals surface area contributed by atoms with Gasteiger partial charge in [0, 0.05) is 37.4 Å². The quantitative estimate of drug-likeness (QED) is 0.543. The molecule has 0 bridgehead atoms. The van der Waals surface area contributed by atoms with Crippen LogP contribution in [0.25, 0.3) is 0 Å². The fourth-order valence-electron chi connectivity index (χ4n) is 4.21. The van der Waals surface area contributed by atoms with E-state index in [4.69, 9.17) is 4.74 Å². The van der Waals surface area contributed by atoms with E-state index in [9.17, 15) is 4.79 Å². The first-order valence-electron chi connectivity index (χ1n) is 11.3. The zero-order valence-corrected chi connectivity index (χ0v) is 19.1. The third-order valence-corrected chi connectivity index (χ3v) is 6.03. The average Bonchev–Trinajstić information content (AvgIpc) is 3.26. The minimum absolute atomic E-state index is 0.0159. The Hall–Kier alpha value is -3.12. The Morgan fingerprint density at radius 1 is 1.19 bits per heavy atom. The number of methoxy groups -OCH3 is 1. The highest BCUT2D eigenvalue weighted by Crippen LogP contribution is 2.25. The molecule has 1 aliphatic heterocycles. The highest BCUT2D eigenvalue weighted by atomic mass is 16.5. The first-order valence-corrected chi connectivity index (χ1v) is 11.3. The summed E-state index contributed by atoms with van der Waals surface area (Å²) in [6.45, 7) is 7.06. The number of hydrogen-bond donors (Lipinski definition) is 2. The largest absolute Gasteiger partial charge is 0.496 e. The topological polar surface area (TPSA) is 70.2 Å². The number of rotatable bonds is 8. The van der Waals surface area contributed by atoms with E-state index in [1.807, 2.05) is 30.3 Å². The van der Waals surface area contributed by atoms with Crippen LogP contribution in [0.5, 0.6) is 5.75 Å². The highest BCUT2D eigenvalue weighted by molar-refractivity contribution is 5.91. The Morgan fingerprint density at radius 3 is 2.81 bits per heavy atom. The lowest BCUT2D eigenvalue weighted by molar-refractivity contribution is -0.116. The molecule has 32 heavy (non-hydrogen) atoms. The van der Waals surface area contributed by atoms with Crippen LogP contribution in [-0.4, -0.2) is 34.7 Å². The summed E-state index contributed by atoms with van der Waals surface area (Å²) in [6.07, 6.45) is 2.08. The molecule has 0 atom stereocenters. The predicted molar refractivity (Wildman–Crippen MR) is 127 cm³/mol. The summed E-state index contributed by atoms with van der Waals surface area (Å²) in [6, 6.07) is 16.3. The summed E-state index contributed by atoms with van der Waals surface area (Å²) < 4.78 is 5.38. The van der Waals surface area contributed by atoms with Crippen LogP contribution in [0, 0.1) is 0 Å². The predicted octanol–water partition coefficient (Wildman–Crippen LogP) is 4.67. The van der Waals surface area contributed by atoms with E-state index >= 15 is 0 Å². The van der Waals surface area contributed by atoms with E-state index in [2.05, 4.69) is 52.5 Å². The molecule has 1 amide bonds. The molecule has 168 valence electrons. The molecule has 1 aromatic heterocycles. The minimum Gasteiger partial charge on any atom is -0.496 e. The zero-order valence-electron chi connectivity index (χ0n) is 19.1. The van der Waals surface area contributed by atoms with Crippen LogP contribution in [0.15, 0.2) is 48.5 Å². The summed E-state index contributed by atoms with van der Waals surface area (Å²) in [5.41, 5.74) is 6.81. The van der Waals surface area contributed by atoms with E-state index < -0.39 is 0 Å². The number of aryl methyl sites for hydroxylation is 1. The lowest BCUT2D eigenvalue weighted by Crippen LogP contribution is -2.30. The monoisotopic (exact) mass is 432 g/mol.